The summed E-state index contributed by atoms with van der Waals surface area (Å²) < 4.78 is 6.12. The molecular formula is C17H27N3O. The summed E-state index contributed by atoms with van der Waals surface area (Å²) in [6.07, 6.45) is 7.79. The molecule has 1 unspecified atom stereocenters. The Morgan fingerprint density at radius 2 is 2.05 bits per heavy atom. The lowest BCUT2D eigenvalue weighted by molar-refractivity contribution is -0.0460. The van der Waals surface area contributed by atoms with Crippen molar-refractivity contribution in [3.63, 3.8) is 0 Å². The zero-order valence-electron chi connectivity index (χ0n) is 13.3. The van der Waals surface area contributed by atoms with E-state index in [1.807, 2.05) is 0 Å². The number of nitrogens with zero attached hydrogens (tertiary/aromatic N) is 2. The Morgan fingerprint density at radius 3 is 2.71 bits per heavy atom. The number of hydrogen-bond donors (Lipinski definition) is 1. The highest BCUT2D eigenvalue weighted by Crippen LogP contribution is 2.41. The third-order valence-corrected chi connectivity index (χ3v) is 5.15. The summed E-state index contributed by atoms with van der Waals surface area (Å²) in [5.74, 6) is 1.53. The molecule has 1 aromatic heterocycles. The number of aryl methyl sites for hydroxylation is 2. The number of hydrogen-bond acceptors (Lipinski definition) is 4. The molecule has 4 heteroatoms. The molecule has 3 rings (SSSR count). The van der Waals surface area contributed by atoms with Crippen LogP contribution in [0.3, 0.4) is 0 Å². The largest absolute Gasteiger partial charge is 0.367 e. The second kappa shape index (κ2) is 6.01. The summed E-state index contributed by atoms with van der Waals surface area (Å²) in [5.41, 5.74) is 9.34. The van der Waals surface area contributed by atoms with Crippen LogP contribution in [-0.2, 0) is 23.2 Å². The van der Waals surface area contributed by atoms with Crippen LogP contribution in [0.25, 0.3) is 0 Å². The van der Waals surface area contributed by atoms with Crippen molar-refractivity contribution >= 4 is 0 Å². The molecule has 0 saturated heterocycles. The van der Waals surface area contributed by atoms with Crippen molar-refractivity contribution < 1.29 is 4.74 Å². The molecule has 4 nitrogen and oxygen atoms in total. The van der Waals surface area contributed by atoms with E-state index in [9.17, 15) is 0 Å². The van der Waals surface area contributed by atoms with E-state index in [4.69, 9.17) is 20.4 Å². The molecule has 1 aromatic rings. The highest BCUT2D eigenvalue weighted by molar-refractivity contribution is 5.29. The third-order valence-electron chi connectivity index (χ3n) is 5.15. The molecule has 2 N–H and O–H groups in total. The van der Waals surface area contributed by atoms with Crippen LogP contribution >= 0.6 is 0 Å². The Bertz CT molecular complexity index is 509. The maximum atomic E-state index is 6.12. The molecule has 2 aliphatic rings. The molecule has 0 bridgehead atoms. The smallest absolute Gasteiger partial charge is 0.160 e. The zero-order valence-corrected chi connectivity index (χ0v) is 13.3. The van der Waals surface area contributed by atoms with Gasteiger partial charge in [0.25, 0.3) is 0 Å². The van der Waals surface area contributed by atoms with Gasteiger partial charge in [0, 0.05) is 18.0 Å². The van der Waals surface area contributed by atoms with Gasteiger partial charge in [-0.3, -0.25) is 0 Å². The Hall–Kier alpha value is -1.00. The van der Waals surface area contributed by atoms with E-state index in [0.717, 1.165) is 56.8 Å². The van der Waals surface area contributed by atoms with Crippen molar-refractivity contribution in [1.82, 2.24) is 9.97 Å². The van der Waals surface area contributed by atoms with Gasteiger partial charge >= 0.3 is 0 Å². The van der Waals surface area contributed by atoms with Gasteiger partial charge in [-0.2, -0.15) is 0 Å². The summed E-state index contributed by atoms with van der Waals surface area (Å²) in [7, 11) is 0. The van der Waals surface area contributed by atoms with E-state index >= 15 is 0 Å². The van der Waals surface area contributed by atoms with Gasteiger partial charge in [-0.25, -0.2) is 9.97 Å². The van der Waals surface area contributed by atoms with Gasteiger partial charge in [0.05, 0.1) is 0 Å². The van der Waals surface area contributed by atoms with E-state index in [-0.39, 0.29) is 5.60 Å². The van der Waals surface area contributed by atoms with Gasteiger partial charge in [-0.1, -0.05) is 0 Å². The molecule has 0 spiro atoms. The van der Waals surface area contributed by atoms with Crippen LogP contribution in [0.15, 0.2) is 0 Å². The number of ether oxygens (including phenoxy) is 1. The lowest BCUT2D eigenvalue weighted by Crippen LogP contribution is -2.31. The topological polar surface area (TPSA) is 61.0 Å². The number of aromatic nitrogens is 2. The molecule has 1 atom stereocenters. The van der Waals surface area contributed by atoms with E-state index in [1.54, 1.807) is 0 Å². The van der Waals surface area contributed by atoms with E-state index in [1.165, 1.54) is 24.1 Å². The van der Waals surface area contributed by atoms with Crippen LogP contribution in [0.2, 0.25) is 0 Å². The van der Waals surface area contributed by atoms with Gasteiger partial charge in [0.2, 0.25) is 0 Å². The van der Waals surface area contributed by atoms with Crippen LogP contribution in [0.1, 0.15) is 61.8 Å². The Morgan fingerprint density at radius 1 is 1.29 bits per heavy atom. The van der Waals surface area contributed by atoms with Gasteiger partial charge in [-0.05, 0) is 76.8 Å². The van der Waals surface area contributed by atoms with Crippen molar-refractivity contribution in [1.29, 1.82) is 0 Å². The molecule has 0 radical (unpaired) electrons. The van der Waals surface area contributed by atoms with Gasteiger partial charge in [0.15, 0.2) is 5.82 Å². The average molecular weight is 289 g/mol. The van der Waals surface area contributed by atoms with Crippen molar-refractivity contribution in [2.45, 2.75) is 64.4 Å². The van der Waals surface area contributed by atoms with Crippen molar-refractivity contribution in [3.8, 4) is 0 Å². The van der Waals surface area contributed by atoms with Crippen LogP contribution in [-0.4, -0.2) is 23.1 Å². The molecule has 1 saturated carbocycles. The van der Waals surface area contributed by atoms with Gasteiger partial charge in [0.1, 0.15) is 5.60 Å². The van der Waals surface area contributed by atoms with Crippen LogP contribution in [0.4, 0.5) is 0 Å². The molecule has 116 valence electrons. The first kappa shape index (κ1) is 14.9. The van der Waals surface area contributed by atoms with Crippen molar-refractivity contribution in [2.75, 3.05) is 13.2 Å². The third kappa shape index (κ3) is 2.71. The average Bonchev–Trinajstić information content (AvgIpc) is 2.97. The predicted molar refractivity (Wildman–Crippen MR) is 83.1 cm³/mol. The number of rotatable bonds is 4. The lowest BCUT2D eigenvalue weighted by atomic mass is 9.85. The van der Waals surface area contributed by atoms with Crippen molar-refractivity contribution in [2.24, 2.45) is 11.7 Å². The summed E-state index contributed by atoms with van der Waals surface area (Å²) >= 11 is 0. The van der Waals surface area contributed by atoms with Crippen molar-refractivity contribution in [3.05, 3.63) is 22.8 Å². The highest BCUT2D eigenvalue weighted by Gasteiger charge is 2.40. The first-order valence-corrected chi connectivity index (χ1v) is 8.39. The first-order chi connectivity index (χ1) is 10.2. The fourth-order valence-electron chi connectivity index (χ4n) is 3.92. The summed E-state index contributed by atoms with van der Waals surface area (Å²) in [6.45, 7) is 5.69. The molecule has 1 heterocycles. The Labute approximate surface area is 127 Å². The van der Waals surface area contributed by atoms with Crippen LogP contribution < -0.4 is 5.73 Å². The summed E-state index contributed by atoms with van der Waals surface area (Å²) in [6, 6.07) is 0. The maximum absolute atomic E-state index is 6.12. The number of fused-ring (bicyclic) bond motifs is 1. The molecular weight excluding hydrogens is 262 g/mol. The van der Waals surface area contributed by atoms with Gasteiger partial charge in [-0.15, -0.1) is 0 Å². The SMILES string of the molecule is CCOC1(c2nc(C)c3c(n2)CCC(CN)C3)CCCC1. The minimum absolute atomic E-state index is 0.223. The second-order valence-electron chi connectivity index (χ2n) is 6.54. The lowest BCUT2D eigenvalue weighted by Gasteiger charge is -2.30. The molecule has 2 aliphatic carbocycles. The molecule has 21 heavy (non-hydrogen) atoms. The van der Waals surface area contributed by atoms with Gasteiger partial charge < -0.3 is 10.5 Å². The minimum Gasteiger partial charge on any atom is -0.367 e. The maximum Gasteiger partial charge on any atom is 0.160 e. The first-order valence-electron chi connectivity index (χ1n) is 8.39. The fraction of sp³-hybridized carbons (Fsp3) is 0.765. The molecule has 0 amide bonds. The quantitative estimate of drug-likeness (QED) is 0.925. The van der Waals surface area contributed by atoms with Crippen LogP contribution in [0, 0.1) is 12.8 Å². The Balaban J connectivity index is 1.96. The normalized spacial score (nSPS) is 24.0. The van der Waals surface area contributed by atoms with Crippen LogP contribution in [0.5, 0.6) is 0 Å². The second-order valence-corrected chi connectivity index (χ2v) is 6.54. The minimum atomic E-state index is -0.223. The summed E-state index contributed by atoms with van der Waals surface area (Å²) in [4.78, 5) is 9.79. The molecule has 1 fully saturated rings. The predicted octanol–water partition coefficient (Wildman–Crippen LogP) is 2.65. The molecule has 0 aromatic carbocycles. The molecule has 0 aliphatic heterocycles. The van der Waals surface area contributed by atoms with E-state index < -0.39 is 0 Å². The fourth-order valence-corrected chi connectivity index (χ4v) is 3.92. The summed E-state index contributed by atoms with van der Waals surface area (Å²) in [5, 5.41) is 0. The highest BCUT2D eigenvalue weighted by atomic mass is 16.5. The zero-order chi connectivity index (χ0) is 14.9. The number of nitrogens with two attached hydrogens (primary N) is 1. The van der Waals surface area contributed by atoms with E-state index in [0.29, 0.717) is 5.92 Å². The standard InChI is InChI=1S/C17H27N3O/c1-3-21-17(8-4-5-9-17)16-19-12(2)14-10-13(11-18)6-7-15(14)20-16/h13H,3-11,18H2,1-2H3. The Kier molecular flexibility index (Phi) is 4.27. The van der Waals surface area contributed by atoms with E-state index in [2.05, 4.69) is 13.8 Å². The monoisotopic (exact) mass is 289 g/mol.